The first-order chi connectivity index (χ1) is 9.97. The van der Waals surface area contributed by atoms with Gasteiger partial charge in [0.05, 0.1) is 18.0 Å². The van der Waals surface area contributed by atoms with Crippen molar-refractivity contribution in [3.05, 3.63) is 22.1 Å². The van der Waals surface area contributed by atoms with Gasteiger partial charge in [0.15, 0.2) is 5.16 Å². The molecule has 2 unspecified atom stereocenters. The Morgan fingerprint density at radius 1 is 1.48 bits per heavy atom. The molecule has 116 valence electrons. The minimum atomic E-state index is -0.176. The van der Waals surface area contributed by atoms with E-state index in [1.165, 1.54) is 17.8 Å². The Labute approximate surface area is 128 Å². The fourth-order valence-corrected chi connectivity index (χ4v) is 3.13. The molecule has 1 saturated heterocycles. The molecule has 1 fully saturated rings. The van der Waals surface area contributed by atoms with Crippen molar-refractivity contribution in [1.29, 1.82) is 0 Å². The average molecular weight is 311 g/mol. The lowest BCUT2D eigenvalue weighted by molar-refractivity contribution is -0.140. The van der Waals surface area contributed by atoms with Crippen LogP contribution < -0.4 is 5.56 Å². The van der Waals surface area contributed by atoms with E-state index in [9.17, 15) is 9.59 Å². The van der Waals surface area contributed by atoms with Crippen LogP contribution in [0.15, 0.2) is 16.0 Å². The number of hydrogen-bond acceptors (Lipinski definition) is 5. The van der Waals surface area contributed by atoms with Crippen molar-refractivity contribution in [3.63, 3.8) is 0 Å². The Morgan fingerprint density at radius 2 is 2.14 bits per heavy atom. The smallest absolute Gasteiger partial charge is 0.251 e. The summed E-state index contributed by atoms with van der Waals surface area (Å²) in [5.74, 6) is 0.321. The molecule has 1 aliphatic rings. The van der Waals surface area contributed by atoms with Gasteiger partial charge in [-0.2, -0.15) is 0 Å². The fourth-order valence-electron chi connectivity index (χ4n) is 2.34. The normalized spacial score (nSPS) is 22.3. The van der Waals surface area contributed by atoms with Crippen LogP contribution in [0.25, 0.3) is 0 Å². The number of rotatable bonds is 4. The number of aryl methyl sites for hydroxylation is 1. The molecule has 1 aliphatic heterocycles. The van der Waals surface area contributed by atoms with Crippen LogP contribution in [0.2, 0.25) is 0 Å². The van der Waals surface area contributed by atoms with Gasteiger partial charge in [-0.1, -0.05) is 18.7 Å². The summed E-state index contributed by atoms with van der Waals surface area (Å²) >= 11 is 1.27. The van der Waals surface area contributed by atoms with Crippen molar-refractivity contribution in [2.75, 3.05) is 18.8 Å². The van der Waals surface area contributed by atoms with E-state index in [1.807, 2.05) is 25.7 Å². The first-order valence-corrected chi connectivity index (χ1v) is 8.12. The van der Waals surface area contributed by atoms with E-state index in [0.717, 1.165) is 5.69 Å². The molecular weight excluding hydrogens is 290 g/mol. The second kappa shape index (κ2) is 7.09. The van der Waals surface area contributed by atoms with Crippen LogP contribution in [-0.2, 0) is 16.0 Å². The number of thioether (sulfide) groups is 1. The molecule has 0 aliphatic carbocycles. The average Bonchev–Trinajstić information content (AvgIpc) is 2.43. The van der Waals surface area contributed by atoms with Gasteiger partial charge in [0.2, 0.25) is 5.91 Å². The van der Waals surface area contributed by atoms with Crippen molar-refractivity contribution in [3.8, 4) is 0 Å². The minimum Gasteiger partial charge on any atom is -0.372 e. The first-order valence-electron chi connectivity index (χ1n) is 7.14. The zero-order valence-corrected chi connectivity index (χ0v) is 13.4. The number of amides is 1. The Kier molecular flexibility index (Phi) is 5.41. The van der Waals surface area contributed by atoms with Gasteiger partial charge in [0.25, 0.3) is 5.56 Å². The van der Waals surface area contributed by atoms with Gasteiger partial charge in [-0.15, -0.1) is 0 Å². The van der Waals surface area contributed by atoms with Crippen LogP contribution >= 0.6 is 11.8 Å². The lowest BCUT2D eigenvalue weighted by atomic mass is 10.2. The van der Waals surface area contributed by atoms with Crippen LogP contribution in [0, 0.1) is 0 Å². The fraction of sp³-hybridized carbons (Fsp3) is 0.643. The van der Waals surface area contributed by atoms with Crippen molar-refractivity contribution in [2.45, 2.75) is 44.6 Å². The highest BCUT2D eigenvalue weighted by Gasteiger charge is 2.25. The predicted octanol–water partition coefficient (Wildman–Crippen LogP) is 1.06. The minimum absolute atomic E-state index is 0.0477. The van der Waals surface area contributed by atoms with Crippen LogP contribution in [0.4, 0.5) is 0 Å². The van der Waals surface area contributed by atoms with Crippen LogP contribution in [-0.4, -0.2) is 51.8 Å². The first kappa shape index (κ1) is 16.0. The summed E-state index contributed by atoms with van der Waals surface area (Å²) in [4.78, 5) is 32.5. The molecule has 0 spiro atoms. The summed E-state index contributed by atoms with van der Waals surface area (Å²) in [6.45, 7) is 7.10. The highest BCUT2D eigenvalue weighted by Crippen LogP contribution is 2.16. The van der Waals surface area contributed by atoms with Crippen molar-refractivity contribution in [2.24, 2.45) is 0 Å². The van der Waals surface area contributed by atoms with Gasteiger partial charge in [0.1, 0.15) is 0 Å². The quantitative estimate of drug-likeness (QED) is 0.665. The number of carbonyl (C=O) groups is 1. The maximum absolute atomic E-state index is 12.2. The van der Waals surface area contributed by atoms with Crippen molar-refractivity contribution in [1.82, 2.24) is 14.9 Å². The zero-order valence-electron chi connectivity index (χ0n) is 12.6. The van der Waals surface area contributed by atoms with E-state index in [-0.39, 0.29) is 29.4 Å². The molecule has 2 rings (SSSR count). The summed E-state index contributed by atoms with van der Waals surface area (Å²) in [6.07, 6.45) is 0.817. The molecule has 1 aromatic heterocycles. The van der Waals surface area contributed by atoms with E-state index in [1.54, 1.807) is 0 Å². The maximum Gasteiger partial charge on any atom is 0.251 e. The summed E-state index contributed by atoms with van der Waals surface area (Å²) < 4.78 is 5.61. The molecule has 1 aromatic rings. The van der Waals surface area contributed by atoms with Gasteiger partial charge < -0.3 is 14.6 Å². The largest absolute Gasteiger partial charge is 0.372 e. The third kappa shape index (κ3) is 4.57. The van der Waals surface area contributed by atoms with Gasteiger partial charge in [-0.25, -0.2) is 4.98 Å². The molecule has 1 N–H and O–H groups in total. The number of aromatic amines is 1. The highest BCUT2D eigenvalue weighted by molar-refractivity contribution is 7.99. The lowest BCUT2D eigenvalue weighted by Crippen LogP contribution is -2.48. The Morgan fingerprint density at radius 3 is 2.76 bits per heavy atom. The van der Waals surface area contributed by atoms with Gasteiger partial charge in [-0.3, -0.25) is 9.59 Å². The van der Waals surface area contributed by atoms with Gasteiger partial charge >= 0.3 is 0 Å². The monoisotopic (exact) mass is 311 g/mol. The van der Waals surface area contributed by atoms with E-state index in [2.05, 4.69) is 9.97 Å². The lowest BCUT2D eigenvalue weighted by Gasteiger charge is -2.35. The van der Waals surface area contributed by atoms with Gasteiger partial charge in [0, 0.05) is 24.8 Å². The topological polar surface area (TPSA) is 75.3 Å². The molecule has 2 atom stereocenters. The molecule has 7 heteroatoms. The summed E-state index contributed by atoms with van der Waals surface area (Å²) in [6, 6.07) is 1.48. The zero-order chi connectivity index (χ0) is 15.4. The van der Waals surface area contributed by atoms with Crippen molar-refractivity contribution >= 4 is 17.7 Å². The molecule has 1 amide bonds. The second-order valence-corrected chi connectivity index (χ2v) is 6.20. The van der Waals surface area contributed by atoms with Crippen LogP contribution in [0.1, 0.15) is 26.5 Å². The molecular formula is C14H21N3O3S. The maximum atomic E-state index is 12.2. The third-order valence-electron chi connectivity index (χ3n) is 3.24. The van der Waals surface area contributed by atoms with Crippen molar-refractivity contribution < 1.29 is 9.53 Å². The van der Waals surface area contributed by atoms with Crippen LogP contribution in [0.3, 0.4) is 0 Å². The van der Waals surface area contributed by atoms with E-state index in [4.69, 9.17) is 4.74 Å². The summed E-state index contributed by atoms with van der Waals surface area (Å²) in [5.41, 5.74) is 0.563. The molecule has 0 radical (unpaired) electrons. The summed E-state index contributed by atoms with van der Waals surface area (Å²) in [7, 11) is 0. The van der Waals surface area contributed by atoms with Gasteiger partial charge in [-0.05, 0) is 20.3 Å². The predicted molar refractivity (Wildman–Crippen MR) is 81.5 cm³/mol. The Hall–Kier alpha value is -1.34. The SMILES string of the molecule is CCc1cc(=O)[nH]c(SCC(=O)N2CC(C)OC(C)C2)n1. The number of nitrogens with zero attached hydrogens (tertiary/aromatic N) is 2. The second-order valence-electron chi connectivity index (χ2n) is 5.24. The molecule has 0 bridgehead atoms. The van der Waals surface area contributed by atoms with Crippen LogP contribution in [0.5, 0.6) is 0 Å². The number of H-pyrrole nitrogens is 1. The molecule has 2 heterocycles. The molecule has 0 saturated carbocycles. The molecule has 6 nitrogen and oxygen atoms in total. The number of aromatic nitrogens is 2. The summed E-state index contributed by atoms with van der Waals surface area (Å²) in [5, 5.41) is 0.502. The number of carbonyl (C=O) groups excluding carboxylic acids is 1. The molecule has 21 heavy (non-hydrogen) atoms. The Balaban J connectivity index is 1.94. The number of morpholine rings is 1. The molecule has 0 aromatic carbocycles. The number of nitrogens with one attached hydrogen (secondary N) is 1. The highest BCUT2D eigenvalue weighted by atomic mass is 32.2. The number of ether oxygens (including phenoxy) is 1. The standard InChI is InChI=1S/C14H21N3O3S/c1-4-11-5-12(18)16-14(15-11)21-8-13(19)17-6-9(2)20-10(3)7-17/h5,9-10H,4,6-8H2,1-3H3,(H,15,16,18). The van der Waals surface area contributed by atoms with E-state index >= 15 is 0 Å². The number of hydrogen-bond donors (Lipinski definition) is 1. The third-order valence-corrected chi connectivity index (χ3v) is 4.10. The Bertz CT molecular complexity index is 551. The van der Waals surface area contributed by atoms with E-state index in [0.29, 0.717) is 24.7 Å². The van der Waals surface area contributed by atoms with E-state index < -0.39 is 0 Å².